The summed E-state index contributed by atoms with van der Waals surface area (Å²) in [4.78, 5) is 24.3. The minimum Gasteiger partial charge on any atom is -0.467 e. The molecule has 1 N–H and O–H groups in total. The van der Waals surface area contributed by atoms with Crippen molar-refractivity contribution in [3.05, 3.63) is 82.5 Å². The summed E-state index contributed by atoms with van der Waals surface area (Å²) in [6.45, 7) is 1.74. The van der Waals surface area contributed by atoms with Crippen molar-refractivity contribution in [1.82, 2.24) is 5.32 Å². The van der Waals surface area contributed by atoms with Crippen LogP contribution in [0.4, 0.5) is 0 Å². The van der Waals surface area contributed by atoms with E-state index in [1.165, 1.54) is 13.2 Å². The summed E-state index contributed by atoms with van der Waals surface area (Å²) in [5, 5.41) is 3.64. The summed E-state index contributed by atoms with van der Waals surface area (Å²) in [6.07, 6.45) is 1.93. The Kier molecular flexibility index (Phi) is 6.78. The molecule has 0 saturated carbocycles. The van der Waals surface area contributed by atoms with Gasteiger partial charge in [0, 0.05) is 28.8 Å². The lowest BCUT2D eigenvalue weighted by Crippen LogP contribution is -2.38. The molecule has 0 heterocycles. The summed E-state index contributed by atoms with van der Waals surface area (Å²) >= 11 is 5.83. The second-order valence-electron chi connectivity index (χ2n) is 5.61. The van der Waals surface area contributed by atoms with E-state index in [1.807, 2.05) is 30.3 Å². The van der Waals surface area contributed by atoms with Crippen LogP contribution in [0.5, 0.6) is 0 Å². The number of rotatable bonds is 7. The number of carbonyl (C=O) groups excluding carboxylic acids is 2. The van der Waals surface area contributed by atoms with Crippen LogP contribution in [0.3, 0.4) is 0 Å². The highest BCUT2D eigenvalue weighted by atomic mass is 35.5. The quantitative estimate of drug-likeness (QED) is 0.465. The minimum absolute atomic E-state index is 0.162. The molecule has 130 valence electrons. The van der Waals surface area contributed by atoms with Crippen molar-refractivity contribution >= 4 is 23.4 Å². The van der Waals surface area contributed by atoms with Crippen molar-refractivity contribution < 1.29 is 14.3 Å². The first-order chi connectivity index (χ1) is 12.0. The molecule has 0 aliphatic carbocycles. The fraction of sp³-hybridized carbons (Fsp3) is 0.200. The highest BCUT2D eigenvalue weighted by molar-refractivity contribution is 6.30. The molecule has 0 aromatic heterocycles. The molecule has 1 atom stereocenters. The zero-order valence-electron chi connectivity index (χ0n) is 14.2. The minimum atomic E-state index is -0.568. The second-order valence-corrected chi connectivity index (χ2v) is 6.04. The maximum Gasteiger partial charge on any atom is 0.328 e. The number of hydrogen-bond acceptors (Lipinski definition) is 4. The van der Waals surface area contributed by atoms with Gasteiger partial charge in [-0.3, -0.25) is 4.79 Å². The van der Waals surface area contributed by atoms with Gasteiger partial charge in [0.2, 0.25) is 0 Å². The van der Waals surface area contributed by atoms with E-state index < -0.39 is 6.04 Å². The number of halogens is 1. The molecule has 0 aliphatic heterocycles. The summed E-state index contributed by atoms with van der Waals surface area (Å²) in [5.41, 5.74) is 2.12. The maximum absolute atomic E-state index is 12.3. The molecule has 0 amide bonds. The Bertz CT molecular complexity index is 754. The smallest absolute Gasteiger partial charge is 0.328 e. The average molecular weight is 358 g/mol. The number of carbonyl (C=O) groups is 2. The Balaban J connectivity index is 2.09. The Labute approximate surface area is 152 Å². The lowest BCUT2D eigenvalue weighted by Gasteiger charge is -2.18. The van der Waals surface area contributed by atoms with Crippen LogP contribution in [0.25, 0.3) is 0 Å². The average Bonchev–Trinajstić information content (AvgIpc) is 2.61. The normalized spacial score (nSPS) is 12.4. The highest BCUT2D eigenvalue weighted by Gasteiger charge is 2.19. The standard InChI is InChI=1S/C20H20ClNO3/c1-14(12-19(23)16-8-10-17(21)11-9-16)22-18(20(24)25-2)13-15-6-4-3-5-7-15/h3-12,18,22H,13H2,1-2H3. The van der Waals surface area contributed by atoms with Gasteiger partial charge in [0.25, 0.3) is 0 Å². The Morgan fingerprint density at radius 2 is 1.76 bits per heavy atom. The molecule has 2 aromatic rings. The SMILES string of the molecule is COC(=O)C(Cc1ccccc1)NC(C)=CC(=O)c1ccc(Cl)cc1. The third-order valence-corrected chi connectivity index (χ3v) is 3.90. The molecule has 0 bridgehead atoms. The van der Waals surface area contributed by atoms with Crippen LogP contribution in [0.15, 0.2) is 66.4 Å². The van der Waals surface area contributed by atoms with E-state index >= 15 is 0 Å². The largest absolute Gasteiger partial charge is 0.467 e. The van der Waals surface area contributed by atoms with Gasteiger partial charge in [-0.25, -0.2) is 4.79 Å². The maximum atomic E-state index is 12.3. The molecule has 0 radical (unpaired) electrons. The summed E-state index contributed by atoms with van der Waals surface area (Å²) < 4.78 is 4.86. The number of methoxy groups -OCH3 is 1. The van der Waals surface area contributed by atoms with Crippen LogP contribution in [0.1, 0.15) is 22.8 Å². The van der Waals surface area contributed by atoms with Crippen LogP contribution < -0.4 is 5.32 Å². The van der Waals surface area contributed by atoms with Gasteiger partial charge >= 0.3 is 5.97 Å². The summed E-state index contributed by atoms with van der Waals surface area (Å²) in [6, 6.07) is 15.7. The van der Waals surface area contributed by atoms with E-state index in [-0.39, 0.29) is 11.8 Å². The fourth-order valence-electron chi connectivity index (χ4n) is 2.40. The number of allylic oxidation sites excluding steroid dienone is 2. The molecule has 5 heteroatoms. The molecular weight excluding hydrogens is 338 g/mol. The third-order valence-electron chi connectivity index (χ3n) is 3.65. The lowest BCUT2D eigenvalue weighted by molar-refractivity contribution is -0.142. The highest BCUT2D eigenvalue weighted by Crippen LogP contribution is 2.11. The molecule has 0 aliphatic rings. The number of esters is 1. The summed E-state index contributed by atoms with van der Waals surface area (Å²) in [7, 11) is 1.35. The van der Waals surface area contributed by atoms with Crippen molar-refractivity contribution in [2.24, 2.45) is 0 Å². The van der Waals surface area contributed by atoms with Gasteiger partial charge in [-0.2, -0.15) is 0 Å². The van der Waals surface area contributed by atoms with Gasteiger partial charge < -0.3 is 10.1 Å². The Morgan fingerprint density at radius 3 is 2.36 bits per heavy atom. The van der Waals surface area contributed by atoms with Crippen LogP contribution in [-0.2, 0) is 16.0 Å². The molecule has 25 heavy (non-hydrogen) atoms. The van der Waals surface area contributed by atoms with Gasteiger partial charge in [-0.1, -0.05) is 41.9 Å². The van der Waals surface area contributed by atoms with Gasteiger partial charge in [-0.15, -0.1) is 0 Å². The van der Waals surface area contributed by atoms with E-state index in [0.717, 1.165) is 5.56 Å². The first-order valence-electron chi connectivity index (χ1n) is 7.86. The van der Waals surface area contributed by atoms with E-state index in [4.69, 9.17) is 16.3 Å². The molecule has 0 fully saturated rings. The molecular formula is C20H20ClNO3. The summed E-state index contributed by atoms with van der Waals surface area (Å²) in [5.74, 6) is -0.541. The van der Waals surface area contributed by atoms with Crippen LogP contribution in [0, 0.1) is 0 Å². The Morgan fingerprint density at radius 1 is 1.12 bits per heavy atom. The molecule has 2 rings (SSSR count). The van der Waals surface area contributed by atoms with Crippen molar-refractivity contribution in [3.63, 3.8) is 0 Å². The molecule has 4 nitrogen and oxygen atoms in total. The van der Waals surface area contributed by atoms with Gasteiger partial charge in [0.05, 0.1) is 7.11 Å². The zero-order chi connectivity index (χ0) is 18.2. The van der Waals surface area contributed by atoms with Gasteiger partial charge in [0.15, 0.2) is 5.78 Å². The van der Waals surface area contributed by atoms with Gasteiger partial charge in [0.1, 0.15) is 6.04 Å². The predicted molar refractivity (Wildman–Crippen MR) is 98.6 cm³/mol. The topological polar surface area (TPSA) is 55.4 Å². The number of hydrogen-bond donors (Lipinski definition) is 1. The molecule has 0 saturated heterocycles. The van der Waals surface area contributed by atoms with Crippen LogP contribution in [0.2, 0.25) is 5.02 Å². The molecule has 0 spiro atoms. The van der Waals surface area contributed by atoms with Crippen molar-refractivity contribution in [2.75, 3.05) is 7.11 Å². The predicted octanol–water partition coefficient (Wildman–Crippen LogP) is 3.80. The first kappa shape index (κ1) is 18.7. The van der Waals surface area contributed by atoms with Crippen LogP contribution in [-0.4, -0.2) is 24.9 Å². The molecule has 2 aromatic carbocycles. The second kappa shape index (κ2) is 9.04. The first-order valence-corrected chi connectivity index (χ1v) is 8.24. The monoisotopic (exact) mass is 357 g/mol. The lowest BCUT2D eigenvalue weighted by atomic mass is 10.1. The van der Waals surface area contributed by atoms with E-state index in [2.05, 4.69) is 5.32 Å². The van der Waals surface area contributed by atoms with Crippen molar-refractivity contribution in [3.8, 4) is 0 Å². The zero-order valence-corrected chi connectivity index (χ0v) is 14.9. The van der Waals surface area contributed by atoms with Crippen molar-refractivity contribution in [1.29, 1.82) is 0 Å². The third kappa shape index (κ3) is 5.76. The number of benzene rings is 2. The number of ether oxygens (including phenoxy) is 1. The van der Waals surface area contributed by atoms with Crippen LogP contribution >= 0.6 is 11.6 Å². The van der Waals surface area contributed by atoms with E-state index in [0.29, 0.717) is 22.7 Å². The molecule has 1 unspecified atom stereocenters. The van der Waals surface area contributed by atoms with Gasteiger partial charge in [-0.05, 0) is 36.8 Å². The Hall–Kier alpha value is -2.59. The van der Waals surface area contributed by atoms with Crippen molar-refractivity contribution in [2.45, 2.75) is 19.4 Å². The fourth-order valence-corrected chi connectivity index (χ4v) is 2.52. The van der Waals surface area contributed by atoms with E-state index in [9.17, 15) is 9.59 Å². The number of ketones is 1. The number of nitrogens with one attached hydrogen (secondary N) is 1. The van der Waals surface area contributed by atoms with E-state index in [1.54, 1.807) is 31.2 Å².